The first-order valence-corrected chi connectivity index (χ1v) is 14.9. The minimum absolute atomic E-state index is 0.00793. The summed E-state index contributed by atoms with van der Waals surface area (Å²) < 4.78 is 30.8. The van der Waals surface area contributed by atoms with E-state index in [9.17, 15) is 18.4 Å². The van der Waals surface area contributed by atoms with Gasteiger partial charge in [0, 0.05) is 48.7 Å². The highest BCUT2D eigenvalue weighted by Gasteiger charge is 2.35. The summed E-state index contributed by atoms with van der Waals surface area (Å²) in [5.74, 6) is 0.137. The molecule has 0 saturated carbocycles. The number of amides is 2. The Morgan fingerprint density at radius 1 is 1.10 bits per heavy atom. The zero-order chi connectivity index (χ0) is 29.5. The first-order valence-electron chi connectivity index (χ1n) is 14.9. The maximum absolute atomic E-state index is 14.4. The van der Waals surface area contributed by atoms with Gasteiger partial charge in [0.25, 0.3) is 0 Å². The highest BCUT2D eigenvalue weighted by molar-refractivity contribution is 5.92. The van der Waals surface area contributed by atoms with E-state index in [1.54, 1.807) is 12.1 Å². The van der Waals surface area contributed by atoms with Crippen LogP contribution in [-0.2, 0) is 22.6 Å². The molecule has 3 unspecified atom stereocenters. The summed E-state index contributed by atoms with van der Waals surface area (Å²) in [4.78, 5) is 37.5. The minimum Gasteiger partial charge on any atom is -0.352 e. The molecule has 2 aliphatic heterocycles. The van der Waals surface area contributed by atoms with Crippen molar-refractivity contribution in [2.45, 2.75) is 70.6 Å². The van der Waals surface area contributed by atoms with Crippen LogP contribution in [0.5, 0.6) is 0 Å². The number of aromatic nitrogens is 3. The van der Waals surface area contributed by atoms with E-state index in [0.717, 1.165) is 54.3 Å². The molecule has 8 nitrogen and oxygen atoms in total. The van der Waals surface area contributed by atoms with E-state index in [4.69, 9.17) is 4.98 Å². The number of benzene rings is 2. The Labute approximate surface area is 244 Å². The largest absolute Gasteiger partial charge is 0.352 e. The number of aromatic amines is 1. The Morgan fingerprint density at radius 3 is 2.60 bits per heavy atom. The first kappa shape index (κ1) is 28.3. The quantitative estimate of drug-likeness (QED) is 0.279. The molecule has 4 heterocycles. The summed E-state index contributed by atoms with van der Waals surface area (Å²) in [5, 5.41) is 4.06. The SMILES string of the molecule is CNC(C(=O)N1CCCC1Cc1c(-c2nc3cc(F)ccc3n2CC2CCCN2C=O)[nH]c2cc(F)ccc12)C(C)C. The summed E-state index contributed by atoms with van der Waals surface area (Å²) >= 11 is 0. The van der Waals surface area contributed by atoms with Gasteiger partial charge in [-0.1, -0.05) is 13.8 Å². The number of nitrogens with one attached hydrogen (secondary N) is 2. The zero-order valence-electron chi connectivity index (χ0n) is 24.4. The molecule has 10 heteroatoms. The van der Waals surface area contributed by atoms with Crippen molar-refractivity contribution in [3.8, 4) is 11.5 Å². The van der Waals surface area contributed by atoms with Crippen molar-refractivity contribution in [3.63, 3.8) is 0 Å². The van der Waals surface area contributed by atoms with E-state index in [1.807, 2.05) is 30.7 Å². The molecule has 2 aromatic carbocycles. The number of imidazole rings is 1. The van der Waals surface area contributed by atoms with Gasteiger partial charge in [-0.15, -0.1) is 0 Å². The van der Waals surface area contributed by atoms with Crippen LogP contribution in [0.25, 0.3) is 33.5 Å². The topological polar surface area (TPSA) is 86.3 Å². The molecule has 0 spiro atoms. The van der Waals surface area contributed by atoms with Gasteiger partial charge in [-0.25, -0.2) is 13.8 Å². The van der Waals surface area contributed by atoms with Crippen molar-refractivity contribution in [1.29, 1.82) is 0 Å². The lowest BCUT2D eigenvalue weighted by Crippen LogP contribution is -2.50. The molecule has 4 aromatic rings. The fourth-order valence-corrected chi connectivity index (χ4v) is 7.01. The summed E-state index contributed by atoms with van der Waals surface area (Å²) in [6.07, 6.45) is 5.04. The van der Waals surface area contributed by atoms with Crippen molar-refractivity contribution in [3.05, 3.63) is 53.6 Å². The van der Waals surface area contributed by atoms with Crippen LogP contribution >= 0.6 is 0 Å². The van der Waals surface area contributed by atoms with Crippen LogP contribution in [0.3, 0.4) is 0 Å². The fraction of sp³-hybridized carbons (Fsp3) is 0.469. The standard InChI is InChI=1S/C32H38F2N6O2/c1-19(2)29(35-3)32(42)39-13-5-6-22(39)16-25-24-10-8-20(33)14-26(24)36-30(25)31-37-27-15-21(34)9-11-28(27)40(31)17-23-7-4-12-38(23)18-41/h8-11,14-15,18-19,22-23,29,35-36H,4-7,12-13,16-17H2,1-3H3. The molecule has 3 atom stereocenters. The van der Waals surface area contributed by atoms with Crippen molar-refractivity contribution in [2.24, 2.45) is 5.92 Å². The van der Waals surface area contributed by atoms with E-state index < -0.39 is 0 Å². The van der Waals surface area contributed by atoms with Crippen molar-refractivity contribution in [2.75, 3.05) is 20.1 Å². The van der Waals surface area contributed by atoms with Gasteiger partial charge in [0.05, 0.1) is 22.8 Å². The summed E-state index contributed by atoms with van der Waals surface area (Å²) in [5.41, 5.74) is 3.62. The molecular formula is C32H38F2N6O2. The molecule has 2 amide bonds. The number of likely N-dealkylation sites (N-methyl/N-ethyl adjacent to an activating group) is 1. The fourth-order valence-electron chi connectivity index (χ4n) is 7.01. The second kappa shape index (κ2) is 11.5. The first-order chi connectivity index (χ1) is 20.3. The number of halogens is 2. The number of fused-ring (bicyclic) bond motifs is 2. The molecule has 0 radical (unpaired) electrons. The van der Waals surface area contributed by atoms with E-state index in [1.165, 1.54) is 24.3 Å². The van der Waals surface area contributed by atoms with Gasteiger partial charge >= 0.3 is 0 Å². The van der Waals surface area contributed by atoms with E-state index in [2.05, 4.69) is 14.9 Å². The monoisotopic (exact) mass is 576 g/mol. The van der Waals surface area contributed by atoms with E-state index in [0.29, 0.717) is 42.9 Å². The van der Waals surface area contributed by atoms with Crippen LogP contribution in [0.2, 0.25) is 0 Å². The minimum atomic E-state index is -0.377. The highest BCUT2D eigenvalue weighted by atomic mass is 19.1. The van der Waals surface area contributed by atoms with Crippen LogP contribution in [0.15, 0.2) is 36.4 Å². The van der Waals surface area contributed by atoms with Gasteiger partial charge in [-0.2, -0.15) is 0 Å². The van der Waals surface area contributed by atoms with Crippen LogP contribution in [0.1, 0.15) is 45.1 Å². The van der Waals surface area contributed by atoms with E-state index >= 15 is 0 Å². The number of hydrogen-bond acceptors (Lipinski definition) is 4. The predicted molar refractivity (Wildman–Crippen MR) is 159 cm³/mol. The van der Waals surface area contributed by atoms with E-state index in [-0.39, 0.29) is 41.6 Å². The Hall–Kier alpha value is -3.79. The lowest BCUT2D eigenvalue weighted by molar-refractivity contribution is -0.135. The van der Waals surface area contributed by atoms with Gasteiger partial charge in [0.15, 0.2) is 5.82 Å². The average molecular weight is 577 g/mol. The summed E-state index contributed by atoms with van der Waals surface area (Å²) in [7, 11) is 1.82. The Morgan fingerprint density at radius 2 is 1.83 bits per heavy atom. The smallest absolute Gasteiger partial charge is 0.240 e. The van der Waals surface area contributed by atoms with Crippen molar-refractivity contribution in [1.82, 2.24) is 29.7 Å². The van der Waals surface area contributed by atoms with Gasteiger partial charge in [-0.3, -0.25) is 9.59 Å². The van der Waals surface area contributed by atoms with Crippen molar-refractivity contribution >= 4 is 34.3 Å². The molecule has 2 aromatic heterocycles. The molecule has 2 aliphatic rings. The van der Waals surface area contributed by atoms with Crippen LogP contribution in [0, 0.1) is 17.6 Å². The number of carbonyl (C=O) groups is 2. The maximum Gasteiger partial charge on any atom is 0.240 e. The van der Waals surface area contributed by atoms with Crippen LogP contribution in [-0.4, -0.2) is 74.9 Å². The number of rotatable bonds is 9. The van der Waals surface area contributed by atoms with Gasteiger partial charge in [0.1, 0.15) is 11.6 Å². The van der Waals surface area contributed by atoms with Gasteiger partial charge < -0.3 is 24.7 Å². The number of carbonyl (C=O) groups excluding carboxylic acids is 2. The van der Waals surface area contributed by atoms with Gasteiger partial charge in [-0.05, 0) is 81.0 Å². The lowest BCUT2D eigenvalue weighted by Gasteiger charge is -2.30. The average Bonchev–Trinajstić information content (AvgIpc) is 3.75. The molecule has 2 N–H and O–H groups in total. The normalized spacial score (nSPS) is 20.0. The molecule has 6 rings (SSSR count). The Bertz CT molecular complexity index is 1630. The second-order valence-electron chi connectivity index (χ2n) is 12.0. The molecule has 2 saturated heterocycles. The lowest BCUT2D eigenvalue weighted by atomic mass is 9.98. The number of likely N-dealkylation sites (tertiary alicyclic amines) is 2. The highest BCUT2D eigenvalue weighted by Crippen LogP contribution is 2.36. The summed E-state index contributed by atoms with van der Waals surface area (Å²) in [6.45, 7) is 5.99. The predicted octanol–water partition coefficient (Wildman–Crippen LogP) is 4.86. The van der Waals surface area contributed by atoms with Crippen LogP contribution < -0.4 is 5.32 Å². The van der Waals surface area contributed by atoms with Gasteiger partial charge in [0.2, 0.25) is 12.3 Å². The summed E-state index contributed by atoms with van der Waals surface area (Å²) in [6, 6.07) is 8.99. The third-order valence-electron chi connectivity index (χ3n) is 9.10. The molecule has 0 bridgehead atoms. The third-order valence-corrected chi connectivity index (χ3v) is 9.10. The maximum atomic E-state index is 14.4. The third kappa shape index (κ3) is 5.06. The molecule has 222 valence electrons. The second-order valence-corrected chi connectivity index (χ2v) is 12.0. The number of nitrogens with zero attached hydrogens (tertiary/aromatic N) is 4. The zero-order valence-corrected chi connectivity index (χ0v) is 24.4. The van der Waals surface area contributed by atoms with Crippen molar-refractivity contribution < 1.29 is 18.4 Å². The number of H-pyrrole nitrogens is 1. The molecule has 0 aliphatic carbocycles. The number of hydrogen-bond donors (Lipinski definition) is 2. The van der Waals surface area contributed by atoms with Crippen LogP contribution in [0.4, 0.5) is 8.78 Å². The molecule has 2 fully saturated rings. The Balaban J connectivity index is 1.47. The Kier molecular flexibility index (Phi) is 7.74. The molecular weight excluding hydrogens is 538 g/mol. The molecule has 42 heavy (non-hydrogen) atoms.